The van der Waals surface area contributed by atoms with Crippen LogP contribution < -0.4 is 0 Å². The average molecular weight is 148 g/mol. The Labute approximate surface area is 60.6 Å². The van der Waals surface area contributed by atoms with Crippen LogP contribution in [0.3, 0.4) is 0 Å². The summed E-state index contributed by atoms with van der Waals surface area (Å²) in [5.74, 6) is -0.611. The van der Waals surface area contributed by atoms with Gasteiger partial charge >= 0.3 is 0 Å². The number of alkyl halides is 2. The molecule has 4 atom stereocenters. The molecular formula is C8H14F2. The Balaban J connectivity index is 2.68. The molecule has 10 heavy (non-hydrogen) atoms. The molecule has 60 valence electrons. The maximum absolute atomic E-state index is 13.0. The van der Waals surface area contributed by atoms with E-state index in [1.165, 1.54) is 0 Å². The molecule has 0 amide bonds. The van der Waals surface area contributed by atoms with Gasteiger partial charge in [-0.25, -0.2) is 8.78 Å². The Morgan fingerprint density at radius 1 is 0.700 bits per heavy atom. The van der Waals surface area contributed by atoms with Gasteiger partial charge < -0.3 is 0 Å². The topological polar surface area (TPSA) is 0 Å². The first kappa shape index (κ1) is 7.96. The monoisotopic (exact) mass is 148 g/mol. The third-order valence-corrected chi connectivity index (χ3v) is 2.84. The molecule has 1 aliphatic rings. The van der Waals surface area contributed by atoms with Crippen molar-refractivity contribution in [3.05, 3.63) is 0 Å². The van der Waals surface area contributed by atoms with E-state index in [0.29, 0.717) is 0 Å². The summed E-state index contributed by atoms with van der Waals surface area (Å²) in [5, 5.41) is 0. The van der Waals surface area contributed by atoms with E-state index in [1.54, 1.807) is 20.8 Å². The van der Waals surface area contributed by atoms with Gasteiger partial charge in [0.05, 0.1) is 0 Å². The zero-order valence-corrected chi connectivity index (χ0v) is 6.64. The van der Waals surface area contributed by atoms with Crippen LogP contribution in [0.2, 0.25) is 0 Å². The van der Waals surface area contributed by atoms with E-state index in [4.69, 9.17) is 0 Å². The fourth-order valence-corrected chi connectivity index (χ4v) is 1.71. The molecule has 0 aromatic carbocycles. The minimum absolute atomic E-state index is 0.106. The third-order valence-electron chi connectivity index (χ3n) is 2.84. The van der Waals surface area contributed by atoms with Gasteiger partial charge in [-0.15, -0.1) is 0 Å². The lowest BCUT2D eigenvalue weighted by molar-refractivity contribution is 0.188. The van der Waals surface area contributed by atoms with E-state index in [2.05, 4.69) is 0 Å². The number of rotatable bonds is 0. The lowest BCUT2D eigenvalue weighted by Gasteiger charge is -2.10. The maximum atomic E-state index is 13.0. The fourth-order valence-electron chi connectivity index (χ4n) is 1.71. The van der Waals surface area contributed by atoms with Crippen molar-refractivity contribution in [1.82, 2.24) is 0 Å². The quantitative estimate of drug-likeness (QED) is 0.495. The van der Waals surface area contributed by atoms with Crippen LogP contribution in [0.5, 0.6) is 0 Å². The average Bonchev–Trinajstić information content (AvgIpc) is 2.07. The molecule has 0 N–H and O–H groups in total. The van der Waals surface area contributed by atoms with Gasteiger partial charge in [0, 0.05) is 5.92 Å². The van der Waals surface area contributed by atoms with Crippen LogP contribution in [0.15, 0.2) is 0 Å². The molecule has 0 radical (unpaired) electrons. The second-order valence-corrected chi connectivity index (χ2v) is 3.47. The van der Waals surface area contributed by atoms with Crippen LogP contribution in [0.1, 0.15) is 20.8 Å². The van der Waals surface area contributed by atoms with Gasteiger partial charge in [-0.2, -0.15) is 0 Å². The van der Waals surface area contributed by atoms with Crippen LogP contribution in [0.4, 0.5) is 8.78 Å². The molecule has 0 spiro atoms. The number of hydrogen-bond acceptors (Lipinski definition) is 0. The van der Waals surface area contributed by atoms with Crippen molar-refractivity contribution in [3.63, 3.8) is 0 Å². The maximum Gasteiger partial charge on any atom is 0.108 e. The number of hydrogen-bond donors (Lipinski definition) is 0. The molecule has 0 aromatic rings. The molecule has 0 saturated heterocycles. The summed E-state index contributed by atoms with van der Waals surface area (Å²) in [4.78, 5) is 0. The summed E-state index contributed by atoms with van der Waals surface area (Å²) in [6.07, 6.45) is -1.88. The van der Waals surface area contributed by atoms with Gasteiger partial charge in [0.25, 0.3) is 0 Å². The Hall–Kier alpha value is -0.140. The summed E-state index contributed by atoms with van der Waals surface area (Å²) in [6.45, 7) is 5.21. The van der Waals surface area contributed by atoms with Crippen molar-refractivity contribution < 1.29 is 8.78 Å². The summed E-state index contributed by atoms with van der Waals surface area (Å²) in [5.41, 5.74) is 0. The van der Waals surface area contributed by atoms with Crippen molar-refractivity contribution in [3.8, 4) is 0 Å². The smallest absolute Gasteiger partial charge is 0.108 e. The summed E-state index contributed by atoms with van der Waals surface area (Å²) < 4.78 is 25.9. The van der Waals surface area contributed by atoms with Gasteiger partial charge in [-0.05, 0) is 11.8 Å². The molecular weight excluding hydrogens is 134 g/mol. The molecule has 0 nitrogen and oxygen atoms in total. The highest BCUT2D eigenvalue weighted by Gasteiger charge is 2.44. The number of halogens is 2. The zero-order valence-electron chi connectivity index (χ0n) is 6.64. The second kappa shape index (κ2) is 2.48. The van der Waals surface area contributed by atoms with Gasteiger partial charge in [-0.3, -0.25) is 0 Å². The van der Waals surface area contributed by atoms with Crippen LogP contribution >= 0.6 is 0 Å². The van der Waals surface area contributed by atoms with Crippen LogP contribution in [-0.4, -0.2) is 12.3 Å². The Bertz CT molecular complexity index is 79.6. The SMILES string of the molecule is CC1C(C)C(F)C(C)C1F. The standard InChI is InChI=1S/C8H14F2/c1-4-5(2)8(10)6(3)7(4)9/h4-8H,1-3H3. The molecule has 0 bridgehead atoms. The summed E-state index contributed by atoms with van der Waals surface area (Å²) in [6, 6.07) is 0. The Morgan fingerprint density at radius 3 is 1.10 bits per heavy atom. The van der Waals surface area contributed by atoms with Gasteiger partial charge in [0.15, 0.2) is 0 Å². The van der Waals surface area contributed by atoms with Gasteiger partial charge in [-0.1, -0.05) is 20.8 Å². The minimum Gasteiger partial charge on any atom is -0.247 e. The van der Waals surface area contributed by atoms with Crippen LogP contribution in [0, 0.1) is 17.8 Å². The van der Waals surface area contributed by atoms with E-state index in [-0.39, 0.29) is 11.8 Å². The van der Waals surface area contributed by atoms with E-state index in [1.807, 2.05) is 0 Å². The highest BCUT2D eigenvalue weighted by Crippen LogP contribution is 2.40. The highest BCUT2D eigenvalue weighted by molar-refractivity contribution is 4.91. The third kappa shape index (κ3) is 0.938. The van der Waals surface area contributed by atoms with Gasteiger partial charge in [0.1, 0.15) is 12.3 Å². The second-order valence-electron chi connectivity index (χ2n) is 3.47. The molecule has 0 heterocycles. The molecule has 1 fully saturated rings. The van der Waals surface area contributed by atoms with E-state index in [0.717, 1.165) is 0 Å². The summed E-state index contributed by atoms with van der Waals surface area (Å²) in [7, 11) is 0. The van der Waals surface area contributed by atoms with Crippen molar-refractivity contribution in [2.24, 2.45) is 17.8 Å². The largest absolute Gasteiger partial charge is 0.247 e. The normalized spacial score (nSPS) is 55.5. The predicted octanol–water partition coefficient (Wildman–Crippen LogP) is 2.58. The highest BCUT2D eigenvalue weighted by atomic mass is 19.1. The van der Waals surface area contributed by atoms with E-state index in [9.17, 15) is 8.78 Å². The minimum atomic E-state index is -0.940. The Morgan fingerprint density at radius 2 is 1.00 bits per heavy atom. The molecule has 0 aromatic heterocycles. The van der Waals surface area contributed by atoms with E-state index >= 15 is 0 Å². The van der Waals surface area contributed by atoms with Crippen molar-refractivity contribution >= 4 is 0 Å². The Kier molecular flexibility index (Phi) is 1.97. The van der Waals surface area contributed by atoms with Crippen molar-refractivity contribution in [2.75, 3.05) is 0 Å². The first-order chi connectivity index (χ1) is 4.55. The predicted molar refractivity (Wildman–Crippen MR) is 37.3 cm³/mol. The van der Waals surface area contributed by atoms with Crippen molar-refractivity contribution in [1.29, 1.82) is 0 Å². The molecule has 1 rings (SSSR count). The molecule has 4 unspecified atom stereocenters. The van der Waals surface area contributed by atoms with Crippen molar-refractivity contribution in [2.45, 2.75) is 33.1 Å². The molecule has 1 saturated carbocycles. The first-order valence-corrected chi connectivity index (χ1v) is 3.84. The lowest BCUT2D eigenvalue weighted by Crippen LogP contribution is -2.14. The first-order valence-electron chi connectivity index (χ1n) is 3.84. The molecule has 0 aliphatic heterocycles. The van der Waals surface area contributed by atoms with Gasteiger partial charge in [0.2, 0.25) is 0 Å². The van der Waals surface area contributed by atoms with E-state index < -0.39 is 18.3 Å². The summed E-state index contributed by atoms with van der Waals surface area (Å²) >= 11 is 0. The van der Waals surface area contributed by atoms with Crippen LogP contribution in [0.25, 0.3) is 0 Å². The van der Waals surface area contributed by atoms with Crippen LogP contribution in [-0.2, 0) is 0 Å². The fraction of sp³-hybridized carbons (Fsp3) is 1.00. The molecule has 2 heteroatoms. The zero-order chi connectivity index (χ0) is 7.89. The lowest BCUT2D eigenvalue weighted by atomic mass is 9.99. The molecule has 1 aliphatic carbocycles.